The van der Waals surface area contributed by atoms with E-state index >= 15 is 0 Å². The quantitative estimate of drug-likeness (QED) is 0.447. The van der Waals surface area contributed by atoms with Gasteiger partial charge in [-0.25, -0.2) is 0 Å². The van der Waals surface area contributed by atoms with Crippen LogP contribution in [0.1, 0.15) is 5.56 Å². The van der Waals surface area contributed by atoms with Crippen LogP contribution in [0.15, 0.2) is 24.3 Å². The van der Waals surface area contributed by atoms with Crippen molar-refractivity contribution in [3.05, 3.63) is 39.9 Å². The summed E-state index contributed by atoms with van der Waals surface area (Å²) in [5.74, 6) is 0. The molecule has 3 nitrogen and oxygen atoms in total. The van der Waals surface area contributed by atoms with Crippen molar-refractivity contribution in [2.75, 3.05) is 0 Å². The monoisotopic (exact) mass is 221 g/mol. The molecule has 76 valence electrons. The summed E-state index contributed by atoms with van der Waals surface area (Å²) in [5, 5.41) is 6.92. The molecule has 0 heterocycles. The molecule has 1 aromatic carbocycles. The minimum Gasteiger partial charge on any atom is -0.258 e. The zero-order valence-electron chi connectivity index (χ0n) is 6.91. The van der Waals surface area contributed by atoms with Gasteiger partial charge in [-0.05, 0) is 17.2 Å². The summed E-state index contributed by atoms with van der Waals surface area (Å²) < 4.78 is 24.6. The second-order valence-corrected chi connectivity index (χ2v) is 3.27. The molecule has 0 aliphatic carbocycles. The lowest BCUT2D eigenvalue weighted by atomic mass is 10.1. The lowest BCUT2D eigenvalue weighted by Gasteiger charge is -2.06. The molecule has 0 radical (unpaired) electrons. The van der Waals surface area contributed by atoms with Crippen LogP contribution >= 0.6 is 11.6 Å². The third-order valence-corrected chi connectivity index (χ3v) is 1.69. The van der Waals surface area contributed by atoms with Crippen LogP contribution in [0.25, 0.3) is 0 Å². The molecule has 1 aromatic rings. The molecule has 1 rings (SSSR count). The zero-order valence-corrected chi connectivity index (χ0v) is 7.67. The van der Waals surface area contributed by atoms with Crippen molar-refractivity contribution in [1.29, 1.82) is 0 Å². The topological polar surface area (TPSA) is 43.1 Å². The smallest absolute Gasteiger partial charge is 0.258 e. The van der Waals surface area contributed by atoms with Gasteiger partial charge in [-0.1, -0.05) is 12.1 Å². The fourth-order valence-corrected chi connectivity index (χ4v) is 1.12. The van der Waals surface area contributed by atoms with Gasteiger partial charge >= 0.3 is 5.38 Å². The molecule has 0 atom stereocenters. The van der Waals surface area contributed by atoms with Crippen molar-refractivity contribution in [3.63, 3.8) is 0 Å². The summed E-state index contributed by atoms with van der Waals surface area (Å²) in [4.78, 5) is 9.63. The van der Waals surface area contributed by atoms with Gasteiger partial charge in [0.2, 0.25) is 0 Å². The first-order valence-electron chi connectivity index (χ1n) is 3.68. The van der Waals surface area contributed by atoms with E-state index in [1.54, 1.807) is 0 Å². The normalized spacial score (nSPS) is 11.4. The Bertz CT molecular complexity index is 334. The number of nitrogens with zero attached hydrogens (tertiary/aromatic N) is 1. The van der Waals surface area contributed by atoms with Crippen LogP contribution in [0.4, 0.5) is 14.5 Å². The Balaban J connectivity index is 2.79. The van der Waals surface area contributed by atoms with E-state index in [-0.39, 0.29) is 11.3 Å². The SMILES string of the molecule is O=[N+]([O-])c1ccc(CC(F)(F)Cl)cc1. The van der Waals surface area contributed by atoms with Gasteiger partial charge in [-0.3, -0.25) is 10.1 Å². The highest BCUT2D eigenvalue weighted by atomic mass is 35.5. The first kappa shape index (κ1) is 10.8. The first-order chi connectivity index (χ1) is 6.38. The van der Waals surface area contributed by atoms with Crippen molar-refractivity contribution >= 4 is 17.3 Å². The summed E-state index contributed by atoms with van der Waals surface area (Å²) in [7, 11) is 0. The summed E-state index contributed by atoms with van der Waals surface area (Å²) in [5.41, 5.74) is 0.127. The fraction of sp³-hybridized carbons (Fsp3) is 0.250. The Hall–Kier alpha value is -1.23. The summed E-state index contributed by atoms with van der Waals surface area (Å²) in [6.45, 7) is 0. The minimum absolute atomic E-state index is 0.133. The van der Waals surface area contributed by atoms with E-state index in [1.807, 2.05) is 0 Å². The molecule has 0 fully saturated rings. The van der Waals surface area contributed by atoms with E-state index < -0.39 is 16.7 Å². The lowest BCUT2D eigenvalue weighted by Crippen LogP contribution is -2.09. The summed E-state index contributed by atoms with van der Waals surface area (Å²) >= 11 is 4.70. The van der Waals surface area contributed by atoms with Crippen LogP contribution < -0.4 is 0 Å². The third-order valence-electron chi connectivity index (χ3n) is 1.55. The minimum atomic E-state index is -3.31. The molecule has 0 N–H and O–H groups in total. The van der Waals surface area contributed by atoms with E-state index in [9.17, 15) is 18.9 Å². The molecule has 14 heavy (non-hydrogen) atoms. The van der Waals surface area contributed by atoms with Gasteiger partial charge in [0.1, 0.15) is 0 Å². The van der Waals surface area contributed by atoms with Crippen LogP contribution in [0, 0.1) is 10.1 Å². The molecule has 0 spiro atoms. The molecular weight excluding hydrogens is 216 g/mol. The third kappa shape index (κ3) is 3.26. The Morgan fingerprint density at radius 3 is 2.21 bits per heavy atom. The molecule has 0 unspecified atom stereocenters. The van der Waals surface area contributed by atoms with Gasteiger partial charge in [-0.15, -0.1) is 0 Å². The zero-order chi connectivity index (χ0) is 10.8. The molecule has 0 saturated carbocycles. The highest BCUT2D eigenvalue weighted by Gasteiger charge is 2.25. The van der Waals surface area contributed by atoms with E-state index in [0.29, 0.717) is 0 Å². The number of hydrogen-bond acceptors (Lipinski definition) is 2. The predicted octanol–water partition coefficient (Wildman–Crippen LogP) is 2.97. The second-order valence-electron chi connectivity index (χ2n) is 2.72. The Kier molecular flexibility index (Phi) is 3.00. The fourth-order valence-electron chi connectivity index (χ4n) is 0.967. The maximum Gasteiger partial charge on any atom is 0.325 e. The number of halogens is 3. The van der Waals surface area contributed by atoms with Gasteiger partial charge in [0.15, 0.2) is 0 Å². The molecule has 0 aliphatic heterocycles. The van der Waals surface area contributed by atoms with E-state index in [2.05, 4.69) is 0 Å². The van der Waals surface area contributed by atoms with Crippen LogP contribution in [0.2, 0.25) is 0 Å². The van der Waals surface area contributed by atoms with Crippen molar-refractivity contribution in [2.45, 2.75) is 11.8 Å². The molecular formula is C8H6ClF2NO2. The molecule has 6 heteroatoms. The Labute approximate surface area is 83.4 Å². The molecule has 0 amide bonds. The highest BCUT2D eigenvalue weighted by molar-refractivity contribution is 6.21. The maximum atomic E-state index is 12.3. The van der Waals surface area contributed by atoms with E-state index in [1.165, 1.54) is 12.1 Å². The highest BCUT2D eigenvalue weighted by Crippen LogP contribution is 2.25. The summed E-state index contributed by atoms with van der Waals surface area (Å²) in [6.07, 6.45) is -0.632. The summed E-state index contributed by atoms with van der Waals surface area (Å²) in [6, 6.07) is 4.85. The number of nitro groups is 1. The van der Waals surface area contributed by atoms with Crippen molar-refractivity contribution < 1.29 is 13.7 Å². The Morgan fingerprint density at radius 1 is 1.36 bits per heavy atom. The number of alkyl halides is 3. The van der Waals surface area contributed by atoms with Crippen LogP contribution in [-0.2, 0) is 6.42 Å². The largest absolute Gasteiger partial charge is 0.325 e. The predicted molar refractivity (Wildman–Crippen MR) is 47.6 cm³/mol. The number of nitro benzene ring substituents is 1. The van der Waals surface area contributed by atoms with Gasteiger partial charge in [0.05, 0.1) is 11.3 Å². The van der Waals surface area contributed by atoms with Crippen LogP contribution in [0.5, 0.6) is 0 Å². The molecule has 0 aliphatic rings. The van der Waals surface area contributed by atoms with Crippen LogP contribution in [0.3, 0.4) is 0 Å². The van der Waals surface area contributed by atoms with Crippen molar-refractivity contribution in [1.82, 2.24) is 0 Å². The maximum absolute atomic E-state index is 12.3. The first-order valence-corrected chi connectivity index (χ1v) is 4.06. The number of non-ortho nitro benzene ring substituents is 1. The lowest BCUT2D eigenvalue weighted by molar-refractivity contribution is -0.384. The van der Waals surface area contributed by atoms with Gasteiger partial charge in [-0.2, -0.15) is 8.78 Å². The van der Waals surface area contributed by atoms with Crippen LogP contribution in [-0.4, -0.2) is 10.3 Å². The van der Waals surface area contributed by atoms with Gasteiger partial charge < -0.3 is 0 Å². The second kappa shape index (κ2) is 3.88. The average Bonchev–Trinajstić information content (AvgIpc) is 2.02. The number of rotatable bonds is 3. The molecule has 0 saturated heterocycles. The van der Waals surface area contributed by atoms with Gasteiger partial charge in [0, 0.05) is 12.1 Å². The Morgan fingerprint density at radius 2 is 1.86 bits per heavy atom. The standard InChI is InChI=1S/C8H6ClF2NO2/c9-8(10,11)5-6-1-3-7(4-2-6)12(13)14/h1-4H,5H2. The van der Waals surface area contributed by atoms with Gasteiger partial charge in [0.25, 0.3) is 5.69 Å². The average molecular weight is 222 g/mol. The molecule has 0 bridgehead atoms. The van der Waals surface area contributed by atoms with E-state index in [0.717, 1.165) is 12.1 Å². The molecule has 0 aromatic heterocycles. The van der Waals surface area contributed by atoms with Crippen molar-refractivity contribution in [3.8, 4) is 0 Å². The van der Waals surface area contributed by atoms with E-state index in [4.69, 9.17) is 11.6 Å². The number of benzene rings is 1. The van der Waals surface area contributed by atoms with Crippen molar-refractivity contribution in [2.24, 2.45) is 0 Å². The number of hydrogen-bond donors (Lipinski definition) is 0.